The van der Waals surface area contributed by atoms with Crippen molar-refractivity contribution in [2.75, 3.05) is 26.2 Å². The van der Waals surface area contributed by atoms with Crippen LogP contribution in [0.3, 0.4) is 0 Å². The predicted octanol–water partition coefficient (Wildman–Crippen LogP) is 2.34. The second kappa shape index (κ2) is 5.70. The predicted molar refractivity (Wildman–Crippen MR) is 79.8 cm³/mol. The molecule has 3 rings (SSSR count). The van der Waals surface area contributed by atoms with Crippen LogP contribution in [0, 0.1) is 5.41 Å². The van der Waals surface area contributed by atoms with Crippen molar-refractivity contribution in [3.63, 3.8) is 0 Å². The van der Waals surface area contributed by atoms with Crippen molar-refractivity contribution in [2.45, 2.75) is 31.8 Å². The maximum atomic E-state index is 9.78. The summed E-state index contributed by atoms with van der Waals surface area (Å²) in [5.74, 6) is 0. The third kappa shape index (κ3) is 2.83. The molecule has 2 aliphatic heterocycles. The van der Waals surface area contributed by atoms with Crippen molar-refractivity contribution in [3.8, 4) is 0 Å². The number of rotatable bonds is 3. The van der Waals surface area contributed by atoms with Crippen molar-refractivity contribution in [2.24, 2.45) is 5.41 Å². The first-order chi connectivity index (χ1) is 9.22. The van der Waals surface area contributed by atoms with E-state index in [1.54, 1.807) is 11.3 Å². The molecule has 1 aromatic heterocycles. The fraction of sp³-hybridized carbons (Fsp3) is 0.714. The van der Waals surface area contributed by atoms with Gasteiger partial charge in [-0.1, -0.05) is 11.6 Å². The number of nitrogens with one attached hydrogen (secondary N) is 1. The van der Waals surface area contributed by atoms with Gasteiger partial charge in [-0.15, -0.1) is 11.3 Å². The van der Waals surface area contributed by atoms with Gasteiger partial charge >= 0.3 is 0 Å². The van der Waals surface area contributed by atoms with Crippen LogP contribution in [0.1, 0.15) is 24.1 Å². The van der Waals surface area contributed by atoms with Crippen molar-refractivity contribution >= 4 is 22.9 Å². The summed E-state index contributed by atoms with van der Waals surface area (Å²) in [5.41, 5.74) is 0.127. The quantitative estimate of drug-likeness (QED) is 0.899. The molecule has 2 atom stereocenters. The Morgan fingerprint density at radius 3 is 3.11 bits per heavy atom. The van der Waals surface area contributed by atoms with Crippen molar-refractivity contribution in [1.82, 2.24) is 10.2 Å². The molecule has 0 aromatic carbocycles. The summed E-state index contributed by atoms with van der Waals surface area (Å²) < 4.78 is 0.868. The van der Waals surface area contributed by atoms with Crippen LogP contribution >= 0.6 is 22.9 Å². The largest absolute Gasteiger partial charge is 0.396 e. The Balaban J connectivity index is 1.65. The average Bonchev–Trinajstić information content (AvgIpc) is 2.84. The average molecular weight is 301 g/mol. The molecule has 2 fully saturated rings. The highest BCUT2D eigenvalue weighted by atomic mass is 35.5. The number of aliphatic hydroxyl groups excluding tert-OH is 1. The summed E-state index contributed by atoms with van der Waals surface area (Å²) in [6.45, 7) is 4.51. The van der Waals surface area contributed by atoms with Gasteiger partial charge < -0.3 is 10.4 Å². The van der Waals surface area contributed by atoms with Gasteiger partial charge in [0.25, 0.3) is 0 Å². The number of fused-ring (bicyclic) bond motifs is 1. The van der Waals surface area contributed by atoms with Gasteiger partial charge in [-0.25, -0.2) is 0 Å². The number of likely N-dealkylation sites (tertiary alicyclic amines) is 1. The minimum atomic E-state index is 0.127. The smallest absolute Gasteiger partial charge is 0.0931 e. The SMILES string of the molecule is OC[C@]12CCCN[C@@H]1CN(Cc1ccc(Cl)s1)CC2. The van der Waals surface area contributed by atoms with E-state index in [9.17, 15) is 5.11 Å². The second-order valence-corrected chi connectivity index (χ2v) is 7.62. The number of nitrogens with zero attached hydrogens (tertiary/aromatic N) is 1. The molecule has 0 bridgehead atoms. The van der Waals surface area contributed by atoms with Crippen LogP contribution in [0.15, 0.2) is 12.1 Å². The van der Waals surface area contributed by atoms with E-state index in [-0.39, 0.29) is 5.41 Å². The number of piperidine rings is 2. The molecule has 106 valence electrons. The van der Waals surface area contributed by atoms with Gasteiger partial charge in [0.05, 0.1) is 10.9 Å². The lowest BCUT2D eigenvalue weighted by Gasteiger charge is -2.50. The molecule has 2 saturated heterocycles. The molecule has 0 radical (unpaired) electrons. The number of thiophene rings is 1. The van der Waals surface area contributed by atoms with E-state index in [2.05, 4.69) is 16.3 Å². The van der Waals surface area contributed by atoms with E-state index in [0.717, 1.165) is 36.9 Å². The lowest BCUT2D eigenvalue weighted by atomic mass is 9.70. The number of halogens is 1. The van der Waals surface area contributed by atoms with Crippen LogP contribution in [0.4, 0.5) is 0 Å². The van der Waals surface area contributed by atoms with Crippen molar-refractivity contribution < 1.29 is 5.11 Å². The first-order valence-electron chi connectivity index (χ1n) is 7.03. The lowest BCUT2D eigenvalue weighted by molar-refractivity contribution is -0.0148. The molecule has 0 aliphatic carbocycles. The zero-order chi connectivity index (χ0) is 13.3. The molecule has 3 nitrogen and oxygen atoms in total. The Kier molecular flexibility index (Phi) is 4.15. The Labute approximate surface area is 123 Å². The standard InChI is InChI=1S/C14H21ClN2OS/c15-13-3-2-11(19-13)8-17-7-5-14(10-18)4-1-6-16-12(14)9-17/h2-3,12,16,18H,1,4-10H2/t12-,14-/m1/s1. The van der Waals surface area contributed by atoms with Gasteiger partial charge in [0, 0.05) is 29.4 Å². The zero-order valence-electron chi connectivity index (χ0n) is 11.1. The topological polar surface area (TPSA) is 35.5 Å². The third-order valence-corrected chi connectivity index (χ3v) is 5.89. The third-order valence-electron chi connectivity index (χ3n) is 4.67. The van der Waals surface area contributed by atoms with E-state index >= 15 is 0 Å². The molecule has 0 unspecified atom stereocenters. The van der Waals surface area contributed by atoms with E-state index in [1.165, 1.54) is 17.7 Å². The first-order valence-corrected chi connectivity index (χ1v) is 8.22. The summed E-state index contributed by atoms with van der Waals surface area (Å²) in [4.78, 5) is 3.82. The number of hydrogen-bond acceptors (Lipinski definition) is 4. The Bertz CT molecular complexity index is 439. The normalized spacial score (nSPS) is 32.2. The van der Waals surface area contributed by atoms with Gasteiger partial charge in [0.1, 0.15) is 0 Å². The van der Waals surface area contributed by atoms with E-state index in [1.807, 2.05) is 6.07 Å². The molecule has 19 heavy (non-hydrogen) atoms. The van der Waals surface area contributed by atoms with Crippen LogP contribution < -0.4 is 5.32 Å². The first kappa shape index (κ1) is 13.8. The molecule has 0 saturated carbocycles. The fourth-order valence-corrected chi connectivity index (χ4v) is 4.59. The summed E-state index contributed by atoms with van der Waals surface area (Å²) in [6, 6.07) is 4.54. The minimum Gasteiger partial charge on any atom is -0.396 e. The highest BCUT2D eigenvalue weighted by Gasteiger charge is 2.43. The van der Waals surface area contributed by atoms with Crippen LogP contribution in [-0.2, 0) is 6.54 Å². The van der Waals surface area contributed by atoms with E-state index in [4.69, 9.17) is 11.6 Å². The number of aliphatic hydroxyl groups is 1. The molecule has 1 aromatic rings. The Morgan fingerprint density at radius 2 is 2.37 bits per heavy atom. The molecular weight excluding hydrogens is 280 g/mol. The monoisotopic (exact) mass is 300 g/mol. The van der Waals surface area contributed by atoms with Crippen LogP contribution in [0.2, 0.25) is 4.34 Å². The van der Waals surface area contributed by atoms with Crippen molar-refractivity contribution in [3.05, 3.63) is 21.3 Å². The van der Waals surface area contributed by atoms with E-state index < -0.39 is 0 Å². The minimum absolute atomic E-state index is 0.127. The Morgan fingerprint density at radius 1 is 1.47 bits per heavy atom. The Hall–Kier alpha value is -0.130. The highest BCUT2D eigenvalue weighted by molar-refractivity contribution is 7.16. The maximum absolute atomic E-state index is 9.78. The highest BCUT2D eigenvalue weighted by Crippen LogP contribution is 2.38. The zero-order valence-corrected chi connectivity index (χ0v) is 12.6. The van der Waals surface area contributed by atoms with E-state index in [0.29, 0.717) is 12.6 Å². The maximum Gasteiger partial charge on any atom is 0.0931 e. The summed E-state index contributed by atoms with van der Waals surface area (Å²) in [7, 11) is 0. The molecule has 3 heterocycles. The molecule has 0 amide bonds. The second-order valence-electron chi connectivity index (χ2n) is 5.82. The van der Waals surface area contributed by atoms with Crippen LogP contribution in [-0.4, -0.2) is 42.3 Å². The molecule has 2 N–H and O–H groups in total. The summed E-state index contributed by atoms with van der Waals surface area (Å²) >= 11 is 7.66. The van der Waals surface area contributed by atoms with Crippen LogP contribution in [0.25, 0.3) is 0 Å². The van der Waals surface area contributed by atoms with Crippen molar-refractivity contribution in [1.29, 1.82) is 0 Å². The van der Waals surface area contributed by atoms with Gasteiger partial charge in [0.15, 0.2) is 0 Å². The fourth-order valence-electron chi connectivity index (χ4n) is 3.46. The summed E-state index contributed by atoms with van der Waals surface area (Å²) in [6.07, 6.45) is 3.46. The molecule has 2 aliphatic rings. The number of hydrogen-bond donors (Lipinski definition) is 2. The van der Waals surface area contributed by atoms with Gasteiger partial charge in [-0.3, -0.25) is 4.90 Å². The van der Waals surface area contributed by atoms with Gasteiger partial charge in [-0.2, -0.15) is 0 Å². The van der Waals surface area contributed by atoms with Gasteiger partial charge in [0.2, 0.25) is 0 Å². The molecule has 0 spiro atoms. The van der Waals surface area contributed by atoms with Crippen LogP contribution in [0.5, 0.6) is 0 Å². The van der Waals surface area contributed by atoms with Gasteiger partial charge in [-0.05, 0) is 44.5 Å². The lowest BCUT2D eigenvalue weighted by Crippen LogP contribution is -2.60. The summed E-state index contributed by atoms with van der Waals surface area (Å²) in [5, 5.41) is 13.4. The molecular formula is C14H21ClN2OS. The molecule has 5 heteroatoms.